The SMILES string of the molecule is C1=[13CH]O[C@H](COCc2ccccc2)[C@@H](OCc2ccccc2)[C@@H]1OCc1ccccc1. The predicted octanol–water partition coefficient (Wildman–Crippen LogP) is 5.29. The van der Waals surface area contributed by atoms with Gasteiger partial charge in [0.05, 0.1) is 32.7 Å². The van der Waals surface area contributed by atoms with Gasteiger partial charge in [-0.05, 0) is 22.8 Å². The maximum Gasteiger partial charge on any atom is 0.150 e. The lowest BCUT2D eigenvalue weighted by Gasteiger charge is -2.34. The summed E-state index contributed by atoms with van der Waals surface area (Å²) in [5.41, 5.74) is 3.37. The molecule has 0 fully saturated rings. The Morgan fingerprint density at radius 2 is 1.13 bits per heavy atom. The average Bonchev–Trinajstić information content (AvgIpc) is 2.84. The van der Waals surface area contributed by atoms with Crippen molar-refractivity contribution in [2.24, 2.45) is 0 Å². The summed E-state index contributed by atoms with van der Waals surface area (Å²) < 4.78 is 24.4. The van der Waals surface area contributed by atoms with Crippen molar-refractivity contribution < 1.29 is 18.9 Å². The minimum absolute atomic E-state index is 0.219. The minimum atomic E-state index is -0.273. The molecular formula is C27H28O4. The van der Waals surface area contributed by atoms with Crippen molar-refractivity contribution in [2.75, 3.05) is 6.61 Å². The Bertz CT molecular complexity index is 912. The van der Waals surface area contributed by atoms with Crippen LogP contribution in [0.5, 0.6) is 0 Å². The molecule has 0 saturated carbocycles. The van der Waals surface area contributed by atoms with Crippen LogP contribution >= 0.6 is 0 Å². The Morgan fingerprint density at radius 3 is 1.71 bits per heavy atom. The van der Waals surface area contributed by atoms with Crippen molar-refractivity contribution in [1.29, 1.82) is 0 Å². The van der Waals surface area contributed by atoms with E-state index in [4.69, 9.17) is 18.9 Å². The predicted molar refractivity (Wildman–Crippen MR) is 120 cm³/mol. The van der Waals surface area contributed by atoms with Gasteiger partial charge in [0.15, 0.2) is 0 Å². The molecule has 1 heterocycles. The van der Waals surface area contributed by atoms with Gasteiger partial charge in [-0.25, -0.2) is 0 Å². The summed E-state index contributed by atoms with van der Waals surface area (Å²) in [6.45, 7) is 1.96. The Kier molecular flexibility index (Phi) is 7.88. The summed E-state index contributed by atoms with van der Waals surface area (Å²) in [4.78, 5) is 0. The van der Waals surface area contributed by atoms with Crippen LogP contribution in [0.4, 0.5) is 0 Å². The third kappa shape index (κ3) is 6.53. The molecule has 4 rings (SSSR count). The minimum Gasteiger partial charge on any atom is -0.493 e. The van der Waals surface area contributed by atoms with Gasteiger partial charge in [-0.1, -0.05) is 91.0 Å². The van der Waals surface area contributed by atoms with E-state index in [1.54, 1.807) is 6.26 Å². The van der Waals surface area contributed by atoms with E-state index in [9.17, 15) is 0 Å². The van der Waals surface area contributed by atoms with Crippen LogP contribution < -0.4 is 0 Å². The third-order valence-corrected chi connectivity index (χ3v) is 5.18. The van der Waals surface area contributed by atoms with Crippen LogP contribution in [-0.2, 0) is 38.8 Å². The van der Waals surface area contributed by atoms with Gasteiger partial charge in [0.1, 0.15) is 18.3 Å². The largest absolute Gasteiger partial charge is 0.493 e. The van der Waals surface area contributed by atoms with E-state index in [1.165, 1.54) is 0 Å². The fraction of sp³-hybridized carbons (Fsp3) is 0.259. The lowest BCUT2D eigenvalue weighted by Crippen LogP contribution is -2.45. The quantitative estimate of drug-likeness (QED) is 0.420. The fourth-order valence-electron chi connectivity index (χ4n) is 3.51. The molecule has 3 atom stereocenters. The molecule has 160 valence electrons. The summed E-state index contributed by atoms with van der Waals surface area (Å²) in [7, 11) is 0. The van der Waals surface area contributed by atoms with Crippen LogP contribution in [0.1, 0.15) is 16.7 Å². The first kappa shape index (κ1) is 21.3. The molecule has 0 saturated heterocycles. The van der Waals surface area contributed by atoms with E-state index in [0.717, 1.165) is 16.7 Å². The normalized spacial score (nSPS) is 20.3. The van der Waals surface area contributed by atoms with E-state index < -0.39 is 0 Å². The van der Waals surface area contributed by atoms with Gasteiger partial charge in [-0.3, -0.25) is 0 Å². The van der Waals surface area contributed by atoms with Crippen LogP contribution in [0.25, 0.3) is 0 Å². The highest BCUT2D eigenvalue weighted by molar-refractivity contribution is 5.15. The first-order chi connectivity index (χ1) is 15.4. The van der Waals surface area contributed by atoms with Crippen molar-refractivity contribution in [3.8, 4) is 0 Å². The highest BCUT2D eigenvalue weighted by Gasteiger charge is 2.34. The summed E-state index contributed by atoms with van der Waals surface area (Å²) in [5.74, 6) is 0. The van der Waals surface area contributed by atoms with Crippen LogP contribution in [0.15, 0.2) is 103 Å². The van der Waals surface area contributed by atoms with E-state index >= 15 is 0 Å². The lowest BCUT2D eigenvalue weighted by molar-refractivity contribution is -0.147. The molecule has 0 radical (unpaired) electrons. The first-order valence-corrected chi connectivity index (χ1v) is 10.6. The van der Waals surface area contributed by atoms with E-state index in [2.05, 4.69) is 36.4 Å². The molecule has 0 N–H and O–H groups in total. The van der Waals surface area contributed by atoms with Gasteiger partial charge in [0.25, 0.3) is 0 Å². The Balaban J connectivity index is 1.39. The van der Waals surface area contributed by atoms with Gasteiger partial charge >= 0.3 is 0 Å². The third-order valence-electron chi connectivity index (χ3n) is 5.18. The van der Waals surface area contributed by atoms with Gasteiger partial charge in [-0.2, -0.15) is 0 Å². The molecule has 31 heavy (non-hydrogen) atoms. The number of rotatable bonds is 10. The zero-order chi connectivity index (χ0) is 21.1. The number of benzene rings is 3. The van der Waals surface area contributed by atoms with Crippen molar-refractivity contribution in [2.45, 2.75) is 38.1 Å². The topological polar surface area (TPSA) is 36.9 Å². The Morgan fingerprint density at radius 1 is 0.613 bits per heavy atom. The number of hydrogen-bond donors (Lipinski definition) is 0. The molecule has 0 aromatic heterocycles. The van der Waals surface area contributed by atoms with Gasteiger partial charge < -0.3 is 18.9 Å². The van der Waals surface area contributed by atoms with Crippen LogP contribution in [0, 0.1) is 0 Å². The van der Waals surface area contributed by atoms with E-state index in [1.807, 2.05) is 60.7 Å². The zero-order valence-corrected chi connectivity index (χ0v) is 17.5. The molecule has 0 spiro atoms. The monoisotopic (exact) mass is 417 g/mol. The summed E-state index contributed by atoms with van der Waals surface area (Å²) in [6.07, 6.45) is 2.88. The second kappa shape index (κ2) is 11.5. The van der Waals surface area contributed by atoms with Crippen molar-refractivity contribution >= 4 is 0 Å². The molecule has 3 aromatic rings. The maximum absolute atomic E-state index is 6.30. The molecule has 0 unspecified atom stereocenters. The van der Waals surface area contributed by atoms with Crippen molar-refractivity contribution in [1.82, 2.24) is 0 Å². The summed E-state index contributed by atoms with van der Waals surface area (Å²) in [5, 5.41) is 0. The van der Waals surface area contributed by atoms with Crippen LogP contribution in [-0.4, -0.2) is 24.9 Å². The number of ether oxygens (including phenoxy) is 4. The molecule has 1 aliphatic heterocycles. The smallest absolute Gasteiger partial charge is 0.150 e. The summed E-state index contributed by atoms with van der Waals surface area (Å²) >= 11 is 0. The Labute approximate surface area is 184 Å². The van der Waals surface area contributed by atoms with Crippen molar-refractivity contribution in [3.63, 3.8) is 0 Å². The zero-order valence-electron chi connectivity index (χ0n) is 17.5. The van der Waals surface area contributed by atoms with Gasteiger partial charge in [-0.15, -0.1) is 0 Å². The second-order valence-corrected chi connectivity index (χ2v) is 7.53. The number of hydrogen-bond acceptors (Lipinski definition) is 4. The molecule has 0 bridgehead atoms. The van der Waals surface area contributed by atoms with E-state index in [0.29, 0.717) is 26.4 Å². The van der Waals surface area contributed by atoms with E-state index in [-0.39, 0.29) is 18.3 Å². The highest BCUT2D eigenvalue weighted by atomic mass is 16.6. The van der Waals surface area contributed by atoms with Gasteiger partial charge in [0, 0.05) is 0 Å². The molecular weight excluding hydrogens is 389 g/mol. The fourth-order valence-corrected chi connectivity index (χ4v) is 3.51. The average molecular weight is 418 g/mol. The summed E-state index contributed by atoms with van der Waals surface area (Å²) in [6, 6.07) is 30.4. The standard InChI is InChI=1S/C27H28O4/c1-4-10-22(11-5-1)18-28-21-26-27(31-20-24-14-8-3-9-15-24)25(16-17-29-26)30-19-23-12-6-2-7-13-23/h1-17,25-27H,18-21H2/t25-,26-,27+/m1/s1/i17+1. The molecule has 4 nitrogen and oxygen atoms in total. The van der Waals surface area contributed by atoms with Crippen LogP contribution in [0.3, 0.4) is 0 Å². The maximum atomic E-state index is 6.30. The molecule has 0 aliphatic carbocycles. The molecule has 4 heteroatoms. The first-order valence-electron chi connectivity index (χ1n) is 10.6. The highest BCUT2D eigenvalue weighted by Crippen LogP contribution is 2.22. The lowest BCUT2D eigenvalue weighted by atomic mass is 10.1. The second-order valence-electron chi connectivity index (χ2n) is 7.53. The van der Waals surface area contributed by atoms with Gasteiger partial charge in [0.2, 0.25) is 0 Å². The Hall–Kier alpha value is -2.92. The van der Waals surface area contributed by atoms with Crippen LogP contribution in [0.2, 0.25) is 0 Å². The van der Waals surface area contributed by atoms with Crippen molar-refractivity contribution in [3.05, 3.63) is 120 Å². The molecule has 3 aromatic carbocycles. The molecule has 1 aliphatic rings. The molecule has 0 amide bonds.